The summed E-state index contributed by atoms with van der Waals surface area (Å²) in [6.45, 7) is 0.902. The van der Waals surface area contributed by atoms with Gasteiger partial charge in [0.15, 0.2) is 11.5 Å². The molecule has 0 spiro atoms. The second-order valence-corrected chi connectivity index (χ2v) is 6.57. The van der Waals surface area contributed by atoms with Gasteiger partial charge in [0, 0.05) is 5.33 Å². The number of halogens is 1. The van der Waals surface area contributed by atoms with Gasteiger partial charge < -0.3 is 14.6 Å². The van der Waals surface area contributed by atoms with E-state index in [1.807, 2.05) is 78.9 Å². The van der Waals surface area contributed by atoms with Gasteiger partial charge in [-0.25, -0.2) is 0 Å². The third-order valence-electron chi connectivity index (χ3n) is 3.97. The molecule has 26 heavy (non-hydrogen) atoms. The van der Waals surface area contributed by atoms with Gasteiger partial charge in [0.25, 0.3) is 0 Å². The number of ether oxygens (including phenoxy) is 2. The first kappa shape index (κ1) is 18.5. The van der Waals surface area contributed by atoms with Crippen molar-refractivity contribution in [3.8, 4) is 11.5 Å². The minimum atomic E-state index is -0.586. The van der Waals surface area contributed by atoms with E-state index in [1.54, 1.807) is 0 Å². The molecular formula is C22H21BrO3. The lowest BCUT2D eigenvalue weighted by Gasteiger charge is -2.16. The van der Waals surface area contributed by atoms with E-state index < -0.39 is 6.10 Å². The highest BCUT2D eigenvalue weighted by Gasteiger charge is 2.12. The molecule has 4 heteroatoms. The van der Waals surface area contributed by atoms with Crippen LogP contribution in [0, 0.1) is 0 Å². The molecule has 3 aromatic carbocycles. The van der Waals surface area contributed by atoms with E-state index >= 15 is 0 Å². The highest BCUT2D eigenvalue weighted by Crippen LogP contribution is 2.32. The number of benzene rings is 3. The minimum absolute atomic E-state index is 0.441. The van der Waals surface area contributed by atoms with Crippen LogP contribution in [0.3, 0.4) is 0 Å². The molecule has 0 bridgehead atoms. The van der Waals surface area contributed by atoms with Crippen LogP contribution in [0.4, 0.5) is 0 Å². The van der Waals surface area contributed by atoms with Crippen LogP contribution in [0.2, 0.25) is 0 Å². The Morgan fingerprint density at radius 3 is 1.81 bits per heavy atom. The molecule has 0 radical (unpaired) electrons. The van der Waals surface area contributed by atoms with Gasteiger partial charge in [0.2, 0.25) is 0 Å². The molecule has 3 rings (SSSR count). The lowest BCUT2D eigenvalue weighted by atomic mass is 10.1. The zero-order valence-corrected chi connectivity index (χ0v) is 15.9. The van der Waals surface area contributed by atoms with Crippen molar-refractivity contribution >= 4 is 15.9 Å². The van der Waals surface area contributed by atoms with E-state index in [0.717, 1.165) is 16.7 Å². The smallest absolute Gasteiger partial charge is 0.162 e. The van der Waals surface area contributed by atoms with Crippen LogP contribution < -0.4 is 9.47 Å². The lowest BCUT2D eigenvalue weighted by molar-refractivity contribution is 0.203. The zero-order valence-electron chi connectivity index (χ0n) is 14.3. The molecule has 0 saturated carbocycles. The van der Waals surface area contributed by atoms with E-state index in [9.17, 15) is 5.11 Å². The Hall–Kier alpha value is -2.30. The van der Waals surface area contributed by atoms with Crippen LogP contribution in [0.25, 0.3) is 0 Å². The van der Waals surface area contributed by atoms with Crippen molar-refractivity contribution in [1.82, 2.24) is 0 Å². The Bertz CT molecular complexity index is 806. The molecular weight excluding hydrogens is 392 g/mol. The van der Waals surface area contributed by atoms with Crippen molar-refractivity contribution in [2.24, 2.45) is 0 Å². The summed E-state index contributed by atoms with van der Waals surface area (Å²) in [5, 5.41) is 10.6. The molecule has 134 valence electrons. The van der Waals surface area contributed by atoms with Crippen molar-refractivity contribution < 1.29 is 14.6 Å². The largest absolute Gasteiger partial charge is 0.485 e. The molecule has 3 aromatic rings. The van der Waals surface area contributed by atoms with Gasteiger partial charge in [-0.05, 0) is 28.8 Å². The van der Waals surface area contributed by atoms with Gasteiger partial charge in [0.05, 0.1) is 6.10 Å². The van der Waals surface area contributed by atoms with Gasteiger partial charge in [0.1, 0.15) is 13.2 Å². The van der Waals surface area contributed by atoms with Crippen LogP contribution in [-0.4, -0.2) is 10.4 Å². The Morgan fingerprint density at radius 2 is 1.27 bits per heavy atom. The first-order chi connectivity index (χ1) is 12.8. The molecule has 0 aliphatic carbocycles. The summed E-state index contributed by atoms with van der Waals surface area (Å²) in [4.78, 5) is 0. The molecule has 0 saturated heterocycles. The minimum Gasteiger partial charge on any atom is -0.485 e. The fourth-order valence-electron chi connectivity index (χ4n) is 2.52. The highest BCUT2D eigenvalue weighted by molar-refractivity contribution is 9.09. The normalized spacial score (nSPS) is 11.8. The maximum atomic E-state index is 10.1. The summed E-state index contributed by atoms with van der Waals surface area (Å²) in [5.41, 5.74) is 2.95. The Labute approximate surface area is 162 Å². The van der Waals surface area contributed by atoms with Gasteiger partial charge in [-0.3, -0.25) is 0 Å². The van der Waals surface area contributed by atoms with E-state index in [1.165, 1.54) is 0 Å². The summed E-state index contributed by atoms with van der Waals surface area (Å²) >= 11 is 3.31. The Balaban J connectivity index is 1.77. The van der Waals surface area contributed by atoms with Crippen LogP contribution in [-0.2, 0) is 13.2 Å². The topological polar surface area (TPSA) is 38.7 Å². The third kappa shape index (κ3) is 5.10. The number of hydrogen-bond acceptors (Lipinski definition) is 3. The van der Waals surface area contributed by atoms with E-state index in [0.29, 0.717) is 30.0 Å². The Kier molecular flexibility index (Phi) is 6.69. The second-order valence-electron chi connectivity index (χ2n) is 5.92. The monoisotopic (exact) mass is 412 g/mol. The van der Waals surface area contributed by atoms with Crippen molar-refractivity contribution in [3.05, 3.63) is 95.6 Å². The SMILES string of the molecule is OC(CBr)c1ccc(OCc2ccccc2)c(OCc2ccccc2)c1. The molecule has 1 atom stereocenters. The Morgan fingerprint density at radius 1 is 0.731 bits per heavy atom. The second kappa shape index (κ2) is 9.41. The third-order valence-corrected chi connectivity index (χ3v) is 4.59. The molecule has 0 aromatic heterocycles. The van der Waals surface area contributed by atoms with E-state index in [2.05, 4.69) is 15.9 Å². The number of aliphatic hydroxyl groups is 1. The molecule has 0 amide bonds. The van der Waals surface area contributed by atoms with Crippen molar-refractivity contribution in [3.63, 3.8) is 0 Å². The molecule has 1 unspecified atom stereocenters. The van der Waals surface area contributed by atoms with Crippen LogP contribution in [0.1, 0.15) is 22.8 Å². The number of alkyl halides is 1. The maximum absolute atomic E-state index is 10.1. The van der Waals surface area contributed by atoms with E-state index in [-0.39, 0.29) is 0 Å². The van der Waals surface area contributed by atoms with E-state index in [4.69, 9.17) is 9.47 Å². The van der Waals surface area contributed by atoms with Crippen LogP contribution in [0.5, 0.6) is 11.5 Å². The molecule has 1 N–H and O–H groups in total. The number of aliphatic hydroxyl groups excluding tert-OH is 1. The van der Waals surface area contributed by atoms with Crippen molar-refractivity contribution in [1.29, 1.82) is 0 Å². The van der Waals surface area contributed by atoms with Gasteiger partial charge in [-0.2, -0.15) is 0 Å². The number of hydrogen-bond donors (Lipinski definition) is 1. The van der Waals surface area contributed by atoms with Crippen molar-refractivity contribution in [2.75, 3.05) is 5.33 Å². The zero-order chi connectivity index (χ0) is 18.2. The van der Waals surface area contributed by atoms with Gasteiger partial charge in [-0.1, -0.05) is 82.7 Å². The number of rotatable bonds is 8. The van der Waals surface area contributed by atoms with Crippen LogP contribution >= 0.6 is 15.9 Å². The maximum Gasteiger partial charge on any atom is 0.162 e. The summed E-state index contributed by atoms with van der Waals surface area (Å²) < 4.78 is 12.0. The predicted molar refractivity (Wildman–Crippen MR) is 107 cm³/mol. The summed E-state index contributed by atoms with van der Waals surface area (Å²) in [7, 11) is 0. The van der Waals surface area contributed by atoms with Gasteiger partial charge >= 0.3 is 0 Å². The molecule has 0 heterocycles. The quantitative estimate of drug-likeness (QED) is 0.511. The summed E-state index contributed by atoms with van der Waals surface area (Å²) in [5.74, 6) is 1.29. The predicted octanol–water partition coefficient (Wildman–Crippen LogP) is 5.27. The first-order valence-electron chi connectivity index (χ1n) is 8.47. The van der Waals surface area contributed by atoms with Gasteiger partial charge in [-0.15, -0.1) is 0 Å². The van der Waals surface area contributed by atoms with Crippen molar-refractivity contribution in [2.45, 2.75) is 19.3 Å². The average Bonchev–Trinajstić information content (AvgIpc) is 2.72. The average molecular weight is 413 g/mol. The fourth-order valence-corrected chi connectivity index (χ4v) is 2.90. The summed E-state index contributed by atoms with van der Waals surface area (Å²) in [6, 6.07) is 25.5. The summed E-state index contributed by atoms with van der Waals surface area (Å²) in [6.07, 6.45) is -0.586. The first-order valence-corrected chi connectivity index (χ1v) is 9.60. The molecule has 0 fully saturated rings. The standard InChI is InChI=1S/C22H21BrO3/c23-14-20(24)19-11-12-21(25-15-17-7-3-1-4-8-17)22(13-19)26-16-18-9-5-2-6-10-18/h1-13,20,24H,14-16H2. The molecule has 0 aliphatic heterocycles. The molecule has 0 aliphatic rings. The van der Waals surface area contributed by atoms with Crippen LogP contribution in [0.15, 0.2) is 78.9 Å². The highest BCUT2D eigenvalue weighted by atomic mass is 79.9. The fraction of sp³-hybridized carbons (Fsp3) is 0.182. The lowest BCUT2D eigenvalue weighted by Crippen LogP contribution is -2.03. The molecule has 3 nitrogen and oxygen atoms in total.